The molecule has 3 N–H and O–H groups in total. The van der Waals surface area contributed by atoms with Crippen molar-refractivity contribution in [1.82, 2.24) is 5.43 Å². The Bertz CT molecular complexity index is 148. The van der Waals surface area contributed by atoms with Crippen LogP contribution in [-0.2, 0) is 9.53 Å². The van der Waals surface area contributed by atoms with Crippen molar-refractivity contribution in [3.8, 4) is 0 Å². The van der Waals surface area contributed by atoms with E-state index in [1.807, 2.05) is 0 Å². The van der Waals surface area contributed by atoms with E-state index in [1.54, 1.807) is 5.43 Å². The van der Waals surface area contributed by atoms with Crippen LogP contribution in [0.2, 0.25) is 0 Å². The highest BCUT2D eigenvalue weighted by Crippen LogP contribution is 2.14. The summed E-state index contributed by atoms with van der Waals surface area (Å²) in [4.78, 5) is 10.3. The predicted octanol–water partition coefficient (Wildman–Crippen LogP) is -0.0547. The smallest absolute Gasteiger partial charge is 0.372 e. The van der Waals surface area contributed by atoms with E-state index >= 15 is 0 Å². The number of hydrazine groups is 1. The topological polar surface area (TPSA) is 64.3 Å². The minimum Gasteiger partial charge on any atom is -0.372 e. The summed E-state index contributed by atoms with van der Waals surface area (Å²) in [7, 11) is 0. The van der Waals surface area contributed by atoms with Gasteiger partial charge in [-0.3, -0.25) is 10.2 Å². The van der Waals surface area contributed by atoms with Crippen LogP contribution in [0, 0.1) is 0 Å². The average molecular weight is 186 g/mol. The molecular weight excluding hydrogens is 177 g/mol. The Kier molecular flexibility index (Phi) is 4.60. The Morgan fingerprint density at radius 3 is 2.50 bits per heavy atom. The van der Waals surface area contributed by atoms with Gasteiger partial charge in [0.15, 0.2) is 0 Å². The van der Waals surface area contributed by atoms with E-state index in [0.717, 1.165) is 0 Å². The van der Waals surface area contributed by atoms with E-state index in [-0.39, 0.29) is 13.0 Å². The standard InChI is InChI=1S/C5H9F3N2O2/c6-5(7,8)3-12-2-1-4(11)10-9/h1-3,9H2,(H,10,11). The molecule has 0 aliphatic carbocycles. The fourth-order valence-corrected chi connectivity index (χ4v) is 0.425. The van der Waals surface area contributed by atoms with Crippen molar-refractivity contribution in [3.05, 3.63) is 0 Å². The zero-order valence-electron chi connectivity index (χ0n) is 6.15. The normalized spacial score (nSPS) is 11.3. The zero-order valence-corrected chi connectivity index (χ0v) is 6.15. The fourth-order valence-electron chi connectivity index (χ4n) is 0.425. The number of alkyl halides is 3. The van der Waals surface area contributed by atoms with Crippen LogP contribution >= 0.6 is 0 Å². The van der Waals surface area contributed by atoms with E-state index in [0.29, 0.717) is 0 Å². The molecule has 0 fully saturated rings. The Labute approximate surface area is 66.8 Å². The number of nitrogens with two attached hydrogens (primary N) is 1. The van der Waals surface area contributed by atoms with Crippen molar-refractivity contribution in [2.75, 3.05) is 13.2 Å². The molecule has 0 aliphatic rings. The quantitative estimate of drug-likeness (QED) is 0.280. The lowest BCUT2D eigenvalue weighted by Gasteiger charge is -2.06. The van der Waals surface area contributed by atoms with Gasteiger partial charge in [-0.2, -0.15) is 13.2 Å². The van der Waals surface area contributed by atoms with Crippen molar-refractivity contribution in [2.24, 2.45) is 5.84 Å². The summed E-state index contributed by atoms with van der Waals surface area (Å²) >= 11 is 0. The average Bonchev–Trinajstić information content (AvgIpc) is 1.96. The maximum absolute atomic E-state index is 11.4. The number of ether oxygens (including phenoxy) is 1. The van der Waals surface area contributed by atoms with Gasteiger partial charge in [-0.05, 0) is 0 Å². The number of amides is 1. The summed E-state index contributed by atoms with van der Waals surface area (Å²) in [5, 5.41) is 0. The highest BCUT2D eigenvalue weighted by Gasteiger charge is 2.27. The first kappa shape index (κ1) is 11.2. The lowest BCUT2D eigenvalue weighted by atomic mass is 10.4. The van der Waals surface area contributed by atoms with Crippen LogP contribution in [0.25, 0.3) is 0 Å². The van der Waals surface area contributed by atoms with Crippen LogP contribution in [0.15, 0.2) is 0 Å². The molecule has 4 nitrogen and oxygen atoms in total. The summed E-state index contributed by atoms with van der Waals surface area (Å²) in [6.07, 6.45) is -4.52. The second kappa shape index (κ2) is 4.94. The predicted molar refractivity (Wildman–Crippen MR) is 33.8 cm³/mol. The summed E-state index contributed by atoms with van der Waals surface area (Å²) < 4.78 is 38.4. The first-order chi connectivity index (χ1) is 5.45. The molecule has 7 heteroatoms. The van der Waals surface area contributed by atoms with Crippen molar-refractivity contribution >= 4 is 5.91 Å². The third-order valence-corrected chi connectivity index (χ3v) is 0.900. The lowest BCUT2D eigenvalue weighted by molar-refractivity contribution is -0.174. The molecule has 72 valence electrons. The molecule has 0 bridgehead atoms. The molecule has 0 aromatic carbocycles. The molecule has 12 heavy (non-hydrogen) atoms. The van der Waals surface area contributed by atoms with Crippen LogP contribution in [-0.4, -0.2) is 25.3 Å². The third kappa shape index (κ3) is 7.29. The Morgan fingerprint density at radius 1 is 1.50 bits per heavy atom. The van der Waals surface area contributed by atoms with Crippen LogP contribution < -0.4 is 11.3 Å². The van der Waals surface area contributed by atoms with E-state index in [4.69, 9.17) is 0 Å². The van der Waals surface area contributed by atoms with E-state index in [2.05, 4.69) is 10.6 Å². The summed E-state index contributed by atoms with van der Waals surface area (Å²) in [5.41, 5.74) is 1.76. The Morgan fingerprint density at radius 2 is 2.08 bits per heavy atom. The second-order valence-corrected chi connectivity index (χ2v) is 1.99. The van der Waals surface area contributed by atoms with Gasteiger partial charge in [0.1, 0.15) is 6.61 Å². The molecule has 0 heterocycles. The number of hydrogen-bond acceptors (Lipinski definition) is 3. The minimum absolute atomic E-state index is 0.174. The molecule has 0 radical (unpaired) electrons. The van der Waals surface area contributed by atoms with Gasteiger partial charge < -0.3 is 4.74 Å². The van der Waals surface area contributed by atoms with Gasteiger partial charge in [-0.15, -0.1) is 0 Å². The number of hydrogen-bond donors (Lipinski definition) is 2. The van der Waals surface area contributed by atoms with Crippen molar-refractivity contribution in [3.63, 3.8) is 0 Å². The first-order valence-electron chi connectivity index (χ1n) is 3.09. The SMILES string of the molecule is NNC(=O)CCOCC(F)(F)F. The molecule has 1 amide bonds. The summed E-state index contributed by atoms with van der Waals surface area (Å²) in [5.74, 6) is 4.10. The number of nitrogens with one attached hydrogen (secondary N) is 1. The maximum atomic E-state index is 11.4. The maximum Gasteiger partial charge on any atom is 0.411 e. The highest BCUT2D eigenvalue weighted by atomic mass is 19.4. The Balaban J connectivity index is 3.28. The first-order valence-corrected chi connectivity index (χ1v) is 3.09. The largest absolute Gasteiger partial charge is 0.411 e. The zero-order chi connectivity index (χ0) is 9.61. The van der Waals surface area contributed by atoms with Gasteiger partial charge in [0, 0.05) is 0 Å². The van der Waals surface area contributed by atoms with Crippen molar-refractivity contribution in [1.29, 1.82) is 0 Å². The monoisotopic (exact) mass is 186 g/mol. The molecule has 0 atom stereocenters. The van der Waals surface area contributed by atoms with Gasteiger partial charge >= 0.3 is 6.18 Å². The van der Waals surface area contributed by atoms with Crippen LogP contribution in [0.5, 0.6) is 0 Å². The van der Waals surface area contributed by atoms with E-state index in [1.165, 1.54) is 0 Å². The number of halogens is 3. The molecule has 0 spiro atoms. The van der Waals surface area contributed by atoms with Gasteiger partial charge in [0.25, 0.3) is 0 Å². The van der Waals surface area contributed by atoms with Crippen molar-refractivity contribution in [2.45, 2.75) is 12.6 Å². The van der Waals surface area contributed by atoms with E-state index in [9.17, 15) is 18.0 Å². The molecule has 0 rings (SSSR count). The van der Waals surface area contributed by atoms with Gasteiger partial charge in [-0.25, -0.2) is 5.84 Å². The lowest BCUT2D eigenvalue weighted by Crippen LogP contribution is -2.31. The number of rotatable bonds is 4. The van der Waals surface area contributed by atoms with Gasteiger partial charge in [0.2, 0.25) is 5.91 Å². The van der Waals surface area contributed by atoms with Crippen LogP contribution in [0.3, 0.4) is 0 Å². The Hall–Kier alpha value is -0.820. The molecule has 0 unspecified atom stereocenters. The second-order valence-electron chi connectivity index (χ2n) is 1.99. The van der Waals surface area contributed by atoms with Crippen molar-refractivity contribution < 1.29 is 22.7 Å². The van der Waals surface area contributed by atoms with Crippen LogP contribution in [0.4, 0.5) is 13.2 Å². The highest BCUT2D eigenvalue weighted by molar-refractivity contribution is 5.75. The van der Waals surface area contributed by atoms with E-state index < -0.39 is 18.7 Å². The molecule has 0 aromatic heterocycles. The fraction of sp³-hybridized carbons (Fsp3) is 0.800. The van der Waals surface area contributed by atoms with Gasteiger partial charge in [0.05, 0.1) is 13.0 Å². The molecule has 0 aromatic rings. The molecular formula is C5H9F3N2O2. The minimum atomic E-state index is -4.35. The summed E-state index contributed by atoms with van der Waals surface area (Å²) in [6.45, 7) is -1.63. The number of carbonyl (C=O) groups is 1. The molecule has 0 aliphatic heterocycles. The van der Waals surface area contributed by atoms with Gasteiger partial charge in [-0.1, -0.05) is 0 Å². The summed E-state index contributed by atoms with van der Waals surface area (Å²) in [6, 6.07) is 0. The third-order valence-electron chi connectivity index (χ3n) is 0.900. The molecule has 0 saturated heterocycles. The van der Waals surface area contributed by atoms with Crippen LogP contribution in [0.1, 0.15) is 6.42 Å². The number of carbonyl (C=O) groups excluding carboxylic acids is 1. The molecule has 0 saturated carbocycles.